The third kappa shape index (κ3) is 2.77. The summed E-state index contributed by atoms with van der Waals surface area (Å²) in [4.78, 5) is 26.5. The Balaban J connectivity index is 1.88. The number of carbonyl (C=O) groups excluding carboxylic acids is 1. The summed E-state index contributed by atoms with van der Waals surface area (Å²) in [5.74, 6) is -0.189. The summed E-state index contributed by atoms with van der Waals surface area (Å²) in [6.45, 7) is 4.48. The Labute approximate surface area is 134 Å². The predicted molar refractivity (Wildman–Crippen MR) is 87.4 cm³/mol. The molecule has 6 heteroatoms. The number of aromatic nitrogens is 2. The standard InChI is InChI=1S/C17H20N4O2/c1-10-11(2)19-20-16(22)15(10)17(23)21-8-13(14(18)9-21)12-6-4-3-5-7-12/h3-7,13-14H,8-9,18H2,1-2H3,(H,20,22)/t13-,14+/m0/s1. The van der Waals surface area contributed by atoms with E-state index in [1.54, 1.807) is 18.7 Å². The summed E-state index contributed by atoms with van der Waals surface area (Å²) in [6.07, 6.45) is 0. The number of amides is 1. The maximum atomic E-state index is 12.8. The number of aryl methyl sites for hydroxylation is 1. The highest BCUT2D eigenvalue weighted by molar-refractivity contribution is 5.95. The maximum absolute atomic E-state index is 12.8. The minimum absolute atomic E-state index is 0.0856. The molecule has 3 N–H and O–H groups in total. The van der Waals surface area contributed by atoms with Crippen molar-refractivity contribution in [1.29, 1.82) is 0 Å². The average molecular weight is 312 g/mol. The van der Waals surface area contributed by atoms with Crippen LogP contribution in [0.5, 0.6) is 0 Å². The van der Waals surface area contributed by atoms with E-state index in [-0.39, 0.29) is 23.4 Å². The van der Waals surface area contributed by atoms with Crippen molar-refractivity contribution in [1.82, 2.24) is 15.1 Å². The fourth-order valence-corrected chi connectivity index (χ4v) is 3.09. The van der Waals surface area contributed by atoms with Crippen LogP contribution in [0.1, 0.15) is 33.1 Å². The van der Waals surface area contributed by atoms with Crippen molar-refractivity contribution in [2.75, 3.05) is 13.1 Å². The second-order valence-electron chi connectivity index (χ2n) is 6.03. The van der Waals surface area contributed by atoms with E-state index in [9.17, 15) is 9.59 Å². The molecule has 0 aliphatic carbocycles. The Kier molecular flexibility index (Phi) is 4.00. The van der Waals surface area contributed by atoms with Crippen LogP contribution in [0.15, 0.2) is 35.1 Å². The molecule has 1 aromatic heterocycles. The maximum Gasteiger partial charge on any atom is 0.277 e. The molecule has 0 saturated carbocycles. The molecular weight excluding hydrogens is 292 g/mol. The van der Waals surface area contributed by atoms with E-state index in [2.05, 4.69) is 10.2 Å². The van der Waals surface area contributed by atoms with Gasteiger partial charge in [0.05, 0.1) is 5.69 Å². The fraction of sp³-hybridized carbons (Fsp3) is 0.353. The molecule has 1 saturated heterocycles. The van der Waals surface area contributed by atoms with E-state index in [0.29, 0.717) is 24.3 Å². The number of H-pyrrole nitrogens is 1. The molecule has 120 valence electrons. The predicted octanol–water partition coefficient (Wildman–Crippen LogP) is 0.954. The van der Waals surface area contributed by atoms with Crippen molar-refractivity contribution in [2.24, 2.45) is 5.73 Å². The van der Waals surface area contributed by atoms with Gasteiger partial charge in [0.25, 0.3) is 11.5 Å². The number of nitrogens with zero attached hydrogens (tertiary/aromatic N) is 2. The summed E-state index contributed by atoms with van der Waals surface area (Å²) in [5, 5.41) is 6.28. The van der Waals surface area contributed by atoms with Crippen LogP contribution < -0.4 is 11.3 Å². The van der Waals surface area contributed by atoms with Crippen LogP contribution in [0.2, 0.25) is 0 Å². The number of likely N-dealkylation sites (tertiary alicyclic amines) is 1. The Hall–Kier alpha value is -2.47. The molecule has 0 unspecified atom stereocenters. The molecule has 1 aliphatic rings. The summed E-state index contributed by atoms with van der Waals surface area (Å²) >= 11 is 0. The highest BCUT2D eigenvalue weighted by Crippen LogP contribution is 2.27. The van der Waals surface area contributed by atoms with Crippen molar-refractivity contribution in [2.45, 2.75) is 25.8 Å². The number of nitrogens with one attached hydrogen (secondary N) is 1. The second-order valence-corrected chi connectivity index (χ2v) is 6.03. The minimum Gasteiger partial charge on any atom is -0.336 e. The summed E-state index contributed by atoms with van der Waals surface area (Å²) in [5.41, 5.74) is 8.33. The smallest absolute Gasteiger partial charge is 0.277 e. The molecule has 1 fully saturated rings. The largest absolute Gasteiger partial charge is 0.336 e. The molecule has 6 nitrogen and oxygen atoms in total. The second kappa shape index (κ2) is 5.96. The molecule has 1 aliphatic heterocycles. The Bertz CT molecular complexity index is 785. The number of benzene rings is 1. The van der Waals surface area contributed by atoms with E-state index in [4.69, 9.17) is 5.73 Å². The van der Waals surface area contributed by atoms with Gasteiger partial charge in [-0.15, -0.1) is 0 Å². The van der Waals surface area contributed by atoms with Crippen LogP contribution in [0.25, 0.3) is 0 Å². The number of rotatable bonds is 2. The zero-order valence-corrected chi connectivity index (χ0v) is 13.2. The van der Waals surface area contributed by atoms with Gasteiger partial charge in [0.15, 0.2) is 0 Å². The number of hydrogen-bond donors (Lipinski definition) is 2. The lowest BCUT2D eigenvalue weighted by atomic mass is 9.95. The normalized spacial score (nSPS) is 20.7. The van der Waals surface area contributed by atoms with E-state index >= 15 is 0 Å². The third-order valence-electron chi connectivity index (χ3n) is 4.56. The molecule has 2 atom stereocenters. The van der Waals surface area contributed by atoms with E-state index < -0.39 is 5.56 Å². The SMILES string of the molecule is Cc1n[nH]c(=O)c(C(=O)N2C[C@@H](N)[C@H](c3ccccc3)C2)c1C. The number of aromatic amines is 1. The van der Waals surface area contributed by atoms with Crippen LogP contribution in [0.4, 0.5) is 0 Å². The van der Waals surface area contributed by atoms with Crippen LogP contribution in [0.3, 0.4) is 0 Å². The molecular formula is C17H20N4O2. The number of nitrogens with two attached hydrogens (primary N) is 1. The van der Waals surface area contributed by atoms with Gasteiger partial charge in [-0.25, -0.2) is 5.10 Å². The van der Waals surface area contributed by atoms with Crippen LogP contribution in [0, 0.1) is 13.8 Å². The summed E-state index contributed by atoms with van der Waals surface area (Å²) in [6, 6.07) is 9.79. The molecule has 1 aromatic carbocycles. The Morgan fingerprint density at radius 1 is 1.26 bits per heavy atom. The zero-order chi connectivity index (χ0) is 16.6. The van der Waals surface area contributed by atoms with Crippen molar-refractivity contribution < 1.29 is 4.79 Å². The molecule has 23 heavy (non-hydrogen) atoms. The molecule has 2 aromatic rings. The minimum atomic E-state index is -0.449. The van der Waals surface area contributed by atoms with Crippen LogP contribution in [-0.2, 0) is 0 Å². The van der Waals surface area contributed by atoms with Crippen molar-refractivity contribution in [3.05, 3.63) is 63.1 Å². The quantitative estimate of drug-likeness (QED) is 0.863. The first-order chi connectivity index (χ1) is 11.0. The van der Waals surface area contributed by atoms with Crippen LogP contribution >= 0.6 is 0 Å². The van der Waals surface area contributed by atoms with Gasteiger partial charge in [0.2, 0.25) is 0 Å². The van der Waals surface area contributed by atoms with E-state index in [1.165, 1.54) is 0 Å². The van der Waals surface area contributed by atoms with Gasteiger partial charge < -0.3 is 10.6 Å². The Morgan fingerprint density at radius 3 is 2.65 bits per heavy atom. The highest BCUT2D eigenvalue weighted by Gasteiger charge is 2.35. The number of carbonyl (C=O) groups is 1. The van der Waals surface area contributed by atoms with Crippen molar-refractivity contribution >= 4 is 5.91 Å². The third-order valence-corrected chi connectivity index (χ3v) is 4.56. The molecule has 2 heterocycles. The lowest BCUT2D eigenvalue weighted by Gasteiger charge is -2.17. The van der Waals surface area contributed by atoms with Gasteiger partial charge in [-0.1, -0.05) is 30.3 Å². The molecule has 3 rings (SSSR count). The van der Waals surface area contributed by atoms with Gasteiger partial charge in [0.1, 0.15) is 5.56 Å². The first kappa shape index (κ1) is 15.4. The molecule has 0 spiro atoms. The monoisotopic (exact) mass is 312 g/mol. The van der Waals surface area contributed by atoms with Gasteiger partial charge in [0, 0.05) is 25.0 Å². The highest BCUT2D eigenvalue weighted by atomic mass is 16.2. The molecule has 0 radical (unpaired) electrons. The van der Waals surface area contributed by atoms with E-state index in [0.717, 1.165) is 5.56 Å². The zero-order valence-electron chi connectivity index (χ0n) is 13.2. The number of hydrogen-bond acceptors (Lipinski definition) is 4. The van der Waals surface area contributed by atoms with Gasteiger partial charge >= 0.3 is 0 Å². The first-order valence-electron chi connectivity index (χ1n) is 7.64. The van der Waals surface area contributed by atoms with Crippen molar-refractivity contribution in [3.8, 4) is 0 Å². The lowest BCUT2D eigenvalue weighted by molar-refractivity contribution is 0.0786. The average Bonchev–Trinajstić information content (AvgIpc) is 2.94. The molecule has 1 amide bonds. The van der Waals surface area contributed by atoms with Gasteiger partial charge in [-0.3, -0.25) is 9.59 Å². The first-order valence-corrected chi connectivity index (χ1v) is 7.64. The Morgan fingerprint density at radius 2 is 1.96 bits per heavy atom. The van der Waals surface area contributed by atoms with Gasteiger partial charge in [-0.05, 0) is 25.0 Å². The topological polar surface area (TPSA) is 92.1 Å². The molecule has 0 bridgehead atoms. The van der Waals surface area contributed by atoms with Crippen molar-refractivity contribution in [3.63, 3.8) is 0 Å². The lowest BCUT2D eigenvalue weighted by Crippen LogP contribution is -2.36. The van der Waals surface area contributed by atoms with Gasteiger partial charge in [-0.2, -0.15) is 5.10 Å². The summed E-state index contributed by atoms with van der Waals surface area (Å²) < 4.78 is 0. The fourth-order valence-electron chi connectivity index (χ4n) is 3.09. The van der Waals surface area contributed by atoms with Crippen LogP contribution in [-0.4, -0.2) is 40.1 Å². The summed E-state index contributed by atoms with van der Waals surface area (Å²) in [7, 11) is 0. The van der Waals surface area contributed by atoms with E-state index in [1.807, 2.05) is 30.3 Å².